The molecule has 0 aliphatic rings. The molecule has 0 aliphatic heterocycles. The van der Waals surface area contributed by atoms with Crippen LogP contribution < -0.4 is 5.73 Å². The maximum atomic E-state index is 13.2. The molecule has 0 saturated carbocycles. The van der Waals surface area contributed by atoms with Gasteiger partial charge in [0.1, 0.15) is 11.4 Å². The van der Waals surface area contributed by atoms with Crippen molar-refractivity contribution in [2.45, 2.75) is 19.4 Å². The molecule has 88 valence electrons. The SMILES string of the molecule is CC(N)Cc1cc(F)cc2cc(Cl)oc12.Cl. The highest BCUT2D eigenvalue weighted by molar-refractivity contribution is 6.29. The molecule has 0 spiro atoms. The zero-order chi connectivity index (χ0) is 11.0. The van der Waals surface area contributed by atoms with Gasteiger partial charge in [0.2, 0.25) is 0 Å². The van der Waals surface area contributed by atoms with Crippen molar-refractivity contribution in [3.8, 4) is 0 Å². The first-order valence-corrected chi connectivity index (χ1v) is 5.07. The number of hydrogen-bond acceptors (Lipinski definition) is 2. The quantitative estimate of drug-likeness (QED) is 0.901. The minimum atomic E-state index is -0.296. The Kier molecular flexibility index (Phi) is 4.19. The number of rotatable bonds is 2. The number of benzene rings is 1. The third kappa shape index (κ3) is 2.67. The lowest BCUT2D eigenvalue weighted by atomic mass is 10.1. The zero-order valence-corrected chi connectivity index (χ0v) is 10.2. The third-order valence-corrected chi connectivity index (χ3v) is 2.36. The van der Waals surface area contributed by atoms with Crippen LogP contribution in [0.1, 0.15) is 12.5 Å². The van der Waals surface area contributed by atoms with E-state index < -0.39 is 0 Å². The van der Waals surface area contributed by atoms with Crippen LogP contribution >= 0.6 is 24.0 Å². The number of furan rings is 1. The Hall–Kier alpha value is -0.770. The molecule has 1 aromatic heterocycles. The Morgan fingerprint density at radius 2 is 2.12 bits per heavy atom. The van der Waals surface area contributed by atoms with Gasteiger partial charge in [-0.25, -0.2) is 4.39 Å². The van der Waals surface area contributed by atoms with Crippen molar-refractivity contribution in [2.75, 3.05) is 0 Å². The van der Waals surface area contributed by atoms with Crippen LogP contribution in [0.5, 0.6) is 0 Å². The monoisotopic (exact) mass is 263 g/mol. The number of hydrogen-bond donors (Lipinski definition) is 1. The summed E-state index contributed by atoms with van der Waals surface area (Å²) in [6, 6.07) is 4.39. The summed E-state index contributed by atoms with van der Waals surface area (Å²) < 4.78 is 18.5. The molecule has 1 heterocycles. The van der Waals surface area contributed by atoms with E-state index >= 15 is 0 Å². The number of halogens is 3. The van der Waals surface area contributed by atoms with E-state index in [0.717, 1.165) is 5.56 Å². The average Bonchev–Trinajstić information content (AvgIpc) is 2.44. The summed E-state index contributed by atoms with van der Waals surface area (Å²) in [4.78, 5) is 0. The van der Waals surface area contributed by atoms with E-state index in [2.05, 4.69) is 0 Å². The van der Waals surface area contributed by atoms with Crippen LogP contribution in [0.15, 0.2) is 22.6 Å². The largest absolute Gasteiger partial charge is 0.444 e. The average molecular weight is 264 g/mol. The van der Waals surface area contributed by atoms with E-state index in [4.69, 9.17) is 21.8 Å². The topological polar surface area (TPSA) is 39.2 Å². The van der Waals surface area contributed by atoms with Crippen LogP contribution in [-0.2, 0) is 6.42 Å². The Morgan fingerprint density at radius 3 is 2.75 bits per heavy atom. The lowest BCUT2D eigenvalue weighted by molar-refractivity contribution is 0.599. The minimum absolute atomic E-state index is 0. The molecule has 2 N–H and O–H groups in total. The Labute approximate surface area is 104 Å². The summed E-state index contributed by atoms with van der Waals surface area (Å²) in [6.45, 7) is 1.86. The molecule has 0 amide bonds. The first kappa shape index (κ1) is 13.3. The lowest BCUT2D eigenvalue weighted by Crippen LogP contribution is -2.17. The predicted molar refractivity (Wildman–Crippen MR) is 65.8 cm³/mol. The van der Waals surface area contributed by atoms with Crippen LogP contribution in [0.2, 0.25) is 5.22 Å². The summed E-state index contributed by atoms with van der Waals surface area (Å²) in [5, 5.41) is 0.942. The van der Waals surface area contributed by atoms with Crippen LogP contribution in [0, 0.1) is 5.82 Å². The summed E-state index contributed by atoms with van der Waals surface area (Å²) in [6.07, 6.45) is 0.568. The van der Waals surface area contributed by atoms with Gasteiger partial charge in [-0.15, -0.1) is 12.4 Å². The molecule has 2 aromatic rings. The summed E-state index contributed by atoms with van der Waals surface area (Å²) in [5.74, 6) is -0.296. The predicted octanol–water partition coefficient (Wildman–Crippen LogP) is 3.54. The molecule has 0 aliphatic carbocycles. The van der Waals surface area contributed by atoms with Gasteiger partial charge < -0.3 is 10.2 Å². The molecule has 0 bridgehead atoms. The molecule has 1 unspecified atom stereocenters. The normalized spacial score (nSPS) is 12.5. The Balaban J connectivity index is 0.00000128. The van der Waals surface area contributed by atoms with Gasteiger partial charge in [-0.2, -0.15) is 0 Å². The zero-order valence-electron chi connectivity index (χ0n) is 8.67. The minimum Gasteiger partial charge on any atom is -0.444 e. The molecule has 1 aromatic carbocycles. The molecule has 0 fully saturated rings. The van der Waals surface area contributed by atoms with E-state index in [1.54, 1.807) is 6.07 Å². The van der Waals surface area contributed by atoms with Crippen molar-refractivity contribution in [3.05, 3.63) is 34.8 Å². The standard InChI is InChI=1S/C11H11ClFNO.ClH/c1-6(14)2-7-3-9(13)4-8-5-10(12)15-11(7)8;/h3-6H,2,14H2,1H3;1H. The second-order valence-electron chi connectivity index (χ2n) is 3.72. The molecule has 2 nitrogen and oxygen atoms in total. The maximum Gasteiger partial charge on any atom is 0.194 e. The highest BCUT2D eigenvalue weighted by atomic mass is 35.5. The molecule has 5 heteroatoms. The summed E-state index contributed by atoms with van der Waals surface area (Å²) in [5.41, 5.74) is 7.06. The Bertz CT molecular complexity index is 496. The summed E-state index contributed by atoms with van der Waals surface area (Å²) >= 11 is 5.72. The fourth-order valence-corrected chi connectivity index (χ4v) is 1.85. The van der Waals surface area contributed by atoms with Gasteiger partial charge in [-0.1, -0.05) is 0 Å². The van der Waals surface area contributed by atoms with Gasteiger partial charge >= 0.3 is 0 Å². The van der Waals surface area contributed by atoms with Gasteiger partial charge in [0.05, 0.1) is 0 Å². The van der Waals surface area contributed by atoms with Gasteiger partial charge in [0.25, 0.3) is 0 Å². The molecular formula is C11H12Cl2FNO. The van der Waals surface area contributed by atoms with Crippen LogP contribution in [0.4, 0.5) is 4.39 Å². The van der Waals surface area contributed by atoms with E-state index in [-0.39, 0.29) is 29.5 Å². The highest BCUT2D eigenvalue weighted by Gasteiger charge is 2.11. The van der Waals surface area contributed by atoms with Crippen molar-refractivity contribution >= 4 is 35.0 Å². The summed E-state index contributed by atoms with van der Waals surface area (Å²) in [7, 11) is 0. The molecule has 16 heavy (non-hydrogen) atoms. The van der Waals surface area contributed by atoms with Crippen LogP contribution in [0.3, 0.4) is 0 Å². The fraction of sp³-hybridized carbons (Fsp3) is 0.273. The second-order valence-corrected chi connectivity index (χ2v) is 4.09. The third-order valence-electron chi connectivity index (χ3n) is 2.17. The maximum absolute atomic E-state index is 13.2. The molecule has 2 rings (SSSR count). The van der Waals surface area contributed by atoms with E-state index in [1.807, 2.05) is 6.92 Å². The first-order valence-electron chi connectivity index (χ1n) is 4.69. The van der Waals surface area contributed by atoms with Crippen molar-refractivity contribution in [1.29, 1.82) is 0 Å². The van der Waals surface area contributed by atoms with Crippen molar-refractivity contribution in [1.82, 2.24) is 0 Å². The van der Waals surface area contributed by atoms with Crippen molar-refractivity contribution in [3.63, 3.8) is 0 Å². The molecule has 1 atom stereocenters. The van der Waals surface area contributed by atoms with E-state index in [1.165, 1.54) is 12.1 Å². The van der Waals surface area contributed by atoms with Crippen molar-refractivity contribution in [2.24, 2.45) is 5.73 Å². The van der Waals surface area contributed by atoms with E-state index in [9.17, 15) is 4.39 Å². The van der Waals surface area contributed by atoms with E-state index in [0.29, 0.717) is 17.4 Å². The smallest absolute Gasteiger partial charge is 0.194 e. The van der Waals surface area contributed by atoms with Crippen molar-refractivity contribution < 1.29 is 8.81 Å². The van der Waals surface area contributed by atoms with Crippen LogP contribution in [0.25, 0.3) is 11.0 Å². The highest BCUT2D eigenvalue weighted by Crippen LogP contribution is 2.27. The van der Waals surface area contributed by atoms with Gasteiger partial charge in [0.15, 0.2) is 5.22 Å². The van der Waals surface area contributed by atoms with Gasteiger partial charge in [0, 0.05) is 17.5 Å². The lowest BCUT2D eigenvalue weighted by Gasteiger charge is -2.05. The molecular weight excluding hydrogens is 252 g/mol. The Morgan fingerprint density at radius 1 is 1.44 bits per heavy atom. The fourth-order valence-electron chi connectivity index (χ4n) is 1.65. The molecule has 0 saturated heterocycles. The van der Waals surface area contributed by atoms with Crippen LogP contribution in [-0.4, -0.2) is 6.04 Å². The second kappa shape index (κ2) is 5.04. The molecule has 0 radical (unpaired) electrons. The number of fused-ring (bicyclic) bond motifs is 1. The number of nitrogens with two attached hydrogens (primary N) is 1. The first-order chi connectivity index (χ1) is 7.06. The van der Waals surface area contributed by atoms with Gasteiger partial charge in [-0.3, -0.25) is 0 Å². The van der Waals surface area contributed by atoms with Gasteiger partial charge in [-0.05, 0) is 42.6 Å².